The predicted molar refractivity (Wildman–Crippen MR) is 79.0 cm³/mol. The monoisotopic (exact) mass is 309 g/mol. The van der Waals surface area contributed by atoms with E-state index in [2.05, 4.69) is 9.71 Å². The van der Waals surface area contributed by atoms with Gasteiger partial charge in [-0.1, -0.05) is 19.1 Å². The van der Waals surface area contributed by atoms with Gasteiger partial charge >= 0.3 is 0 Å². The van der Waals surface area contributed by atoms with Crippen molar-refractivity contribution in [2.75, 3.05) is 0 Å². The van der Waals surface area contributed by atoms with Crippen molar-refractivity contribution in [3.05, 3.63) is 47.2 Å². The fourth-order valence-electron chi connectivity index (χ4n) is 1.89. The summed E-state index contributed by atoms with van der Waals surface area (Å²) in [7, 11) is -3.62. The SMILES string of the molecule is CCc1cnc(CNS(=O)(=O)c2cc(CN)ccc2C)o1. The third-order valence-electron chi connectivity index (χ3n) is 3.14. The second-order valence-corrected chi connectivity index (χ2v) is 6.44. The number of aromatic nitrogens is 1. The summed E-state index contributed by atoms with van der Waals surface area (Å²) in [5.41, 5.74) is 6.99. The molecule has 0 unspecified atom stereocenters. The van der Waals surface area contributed by atoms with Crippen LogP contribution < -0.4 is 10.5 Å². The normalized spacial score (nSPS) is 11.8. The Morgan fingerprint density at radius 1 is 1.38 bits per heavy atom. The number of sulfonamides is 1. The van der Waals surface area contributed by atoms with E-state index in [1.807, 2.05) is 13.0 Å². The Labute approximate surface area is 124 Å². The molecular formula is C14H19N3O3S. The van der Waals surface area contributed by atoms with Gasteiger partial charge in [-0.2, -0.15) is 0 Å². The highest BCUT2D eigenvalue weighted by Crippen LogP contribution is 2.17. The zero-order chi connectivity index (χ0) is 15.5. The molecule has 0 aliphatic rings. The van der Waals surface area contributed by atoms with Crippen LogP contribution in [0.25, 0.3) is 0 Å². The third-order valence-corrected chi connectivity index (χ3v) is 4.68. The van der Waals surface area contributed by atoms with Crippen LogP contribution >= 0.6 is 0 Å². The molecule has 21 heavy (non-hydrogen) atoms. The van der Waals surface area contributed by atoms with E-state index in [-0.39, 0.29) is 11.4 Å². The molecule has 0 atom stereocenters. The average molecular weight is 309 g/mol. The quantitative estimate of drug-likeness (QED) is 0.842. The number of oxazole rings is 1. The van der Waals surface area contributed by atoms with E-state index in [0.717, 1.165) is 17.7 Å². The second kappa shape index (κ2) is 6.38. The Morgan fingerprint density at radius 2 is 2.14 bits per heavy atom. The lowest BCUT2D eigenvalue weighted by molar-refractivity contribution is 0.452. The minimum Gasteiger partial charge on any atom is -0.444 e. The summed E-state index contributed by atoms with van der Waals surface area (Å²) in [6.45, 7) is 4.00. The number of hydrogen-bond donors (Lipinski definition) is 2. The van der Waals surface area contributed by atoms with Gasteiger partial charge < -0.3 is 10.2 Å². The van der Waals surface area contributed by atoms with Gasteiger partial charge in [0.1, 0.15) is 5.76 Å². The lowest BCUT2D eigenvalue weighted by Gasteiger charge is -2.09. The van der Waals surface area contributed by atoms with E-state index >= 15 is 0 Å². The van der Waals surface area contributed by atoms with Gasteiger partial charge in [-0.15, -0.1) is 0 Å². The average Bonchev–Trinajstić information content (AvgIpc) is 2.94. The Hall–Kier alpha value is -1.70. The predicted octanol–water partition coefficient (Wildman–Crippen LogP) is 1.48. The summed E-state index contributed by atoms with van der Waals surface area (Å²) in [5, 5.41) is 0. The molecule has 1 heterocycles. The fourth-order valence-corrected chi connectivity index (χ4v) is 3.16. The molecule has 2 aromatic rings. The highest BCUT2D eigenvalue weighted by molar-refractivity contribution is 7.89. The van der Waals surface area contributed by atoms with Crippen LogP contribution in [0.4, 0.5) is 0 Å². The van der Waals surface area contributed by atoms with Crippen molar-refractivity contribution in [3.63, 3.8) is 0 Å². The van der Waals surface area contributed by atoms with E-state index in [0.29, 0.717) is 18.0 Å². The van der Waals surface area contributed by atoms with Crippen LogP contribution in [-0.4, -0.2) is 13.4 Å². The molecule has 6 nitrogen and oxygen atoms in total. The first-order valence-electron chi connectivity index (χ1n) is 6.69. The molecule has 1 aromatic carbocycles. The Balaban J connectivity index is 2.18. The molecule has 7 heteroatoms. The maximum Gasteiger partial charge on any atom is 0.241 e. The highest BCUT2D eigenvalue weighted by Gasteiger charge is 2.18. The van der Waals surface area contributed by atoms with Gasteiger partial charge in [-0.25, -0.2) is 18.1 Å². The molecule has 1 aromatic heterocycles. The van der Waals surface area contributed by atoms with Crippen LogP contribution in [0.15, 0.2) is 33.7 Å². The topological polar surface area (TPSA) is 98.2 Å². The smallest absolute Gasteiger partial charge is 0.241 e. The van der Waals surface area contributed by atoms with E-state index in [9.17, 15) is 8.42 Å². The molecule has 2 rings (SSSR count). The standard InChI is InChI=1S/C14H19N3O3S/c1-3-12-8-16-14(20-12)9-17-21(18,19)13-6-11(7-15)5-4-10(13)2/h4-6,8,17H,3,7,9,15H2,1-2H3. The van der Waals surface area contributed by atoms with Gasteiger partial charge in [-0.3, -0.25) is 0 Å². The fraction of sp³-hybridized carbons (Fsp3) is 0.357. The second-order valence-electron chi connectivity index (χ2n) is 4.70. The summed E-state index contributed by atoms with van der Waals surface area (Å²) in [4.78, 5) is 4.26. The first-order valence-corrected chi connectivity index (χ1v) is 8.17. The van der Waals surface area contributed by atoms with Gasteiger partial charge in [0.05, 0.1) is 17.6 Å². The van der Waals surface area contributed by atoms with Crippen molar-refractivity contribution in [3.8, 4) is 0 Å². The van der Waals surface area contributed by atoms with Crippen molar-refractivity contribution in [2.24, 2.45) is 5.73 Å². The van der Waals surface area contributed by atoms with E-state index in [1.165, 1.54) is 0 Å². The largest absolute Gasteiger partial charge is 0.444 e. The number of nitrogens with zero attached hydrogens (tertiary/aromatic N) is 1. The molecule has 114 valence electrons. The molecule has 0 aliphatic carbocycles. The van der Waals surface area contributed by atoms with Crippen LogP contribution in [0, 0.1) is 6.92 Å². The van der Waals surface area contributed by atoms with E-state index in [4.69, 9.17) is 10.2 Å². The van der Waals surface area contributed by atoms with Gasteiger partial charge in [0.2, 0.25) is 15.9 Å². The Kier molecular flexibility index (Phi) is 4.76. The van der Waals surface area contributed by atoms with Crippen LogP contribution in [0.5, 0.6) is 0 Å². The van der Waals surface area contributed by atoms with Crippen LogP contribution in [0.2, 0.25) is 0 Å². The van der Waals surface area contributed by atoms with Crippen molar-refractivity contribution >= 4 is 10.0 Å². The molecule has 0 amide bonds. The van der Waals surface area contributed by atoms with E-state index < -0.39 is 10.0 Å². The zero-order valence-corrected chi connectivity index (χ0v) is 12.9. The number of hydrogen-bond acceptors (Lipinski definition) is 5. The molecule has 0 saturated heterocycles. The van der Waals surface area contributed by atoms with Crippen molar-refractivity contribution in [2.45, 2.75) is 38.3 Å². The highest BCUT2D eigenvalue weighted by atomic mass is 32.2. The molecule has 3 N–H and O–H groups in total. The van der Waals surface area contributed by atoms with Gasteiger partial charge in [-0.05, 0) is 24.1 Å². The van der Waals surface area contributed by atoms with Crippen LogP contribution in [-0.2, 0) is 29.5 Å². The molecule has 0 radical (unpaired) electrons. The molecular weight excluding hydrogens is 290 g/mol. The summed E-state index contributed by atoms with van der Waals surface area (Å²) in [6, 6.07) is 5.15. The van der Waals surface area contributed by atoms with Crippen LogP contribution in [0.3, 0.4) is 0 Å². The summed E-state index contributed by atoms with van der Waals surface area (Å²) in [6.07, 6.45) is 2.32. The lowest BCUT2D eigenvalue weighted by atomic mass is 10.1. The summed E-state index contributed by atoms with van der Waals surface area (Å²) < 4.78 is 32.6. The van der Waals surface area contributed by atoms with Gasteiger partial charge in [0.25, 0.3) is 0 Å². The summed E-state index contributed by atoms with van der Waals surface area (Å²) >= 11 is 0. The van der Waals surface area contributed by atoms with Gasteiger partial charge in [0.15, 0.2) is 0 Å². The molecule has 0 aliphatic heterocycles. The number of nitrogens with two attached hydrogens (primary N) is 1. The van der Waals surface area contributed by atoms with E-state index in [1.54, 1.807) is 25.3 Å². The molecule has 0 bridgehead atoms. The number of nitrogens with one attached hydrogen (secondary N) is 1. The van der Waals surface area contributed by atoms with Crippen LogP contribution in [0.1, 0.15) is 29.7 Å². The maximum atomic E-state index is 12.3. The van der Waals surface area contributed by atoms with Gasteiger partial charge in [0, 0.05) is 13.0 Å². The minimum atomic E-state index is -3.62. The van der Waals surface area contributed by atoms with Crippen molar-refractivity contribution < 1.29 is 12.8 Å². The number of rotatable bonds is 6. The van der Waals surface area contributed by atoms with Crippen molar-refractivity contribution in [1.82, 2.24) is 9.71 Å². The molecule has 0 saturated carbocycles. The molecule has 0 fully saturated rings. The first kappa shape index (κ1) is 15.7. The lowest BCUT2D eigenvalue weighted by Crippen LogP contribution is -2.24. The minimum absolute atomic E-state index is 0.0224. The Bertz CT molecular complexity index is 723. The molecule has 0 spiro atoms. The first-order chi connectivity index (χ1) is 9.96. The number of benzene rings is 1. The number of aryl methyl sites for hydroxylation is 2. The van der Waals surface area contributed by atoms with Crippen molar-refractivity contribution in [1.29, 1.82) is 0 Å². The maximum absolute atomic E-state index is 12.3. The Morgan fingerprint density at radius 3 is 2.76 bits per heavy atom. The third kappa shape index (κ3) is 3.69. The zero-order valence-electron chi connectivity index (χ0n) is 12.1. The summed E-state index contributed by atoms with van der Waals surface area (Å²) in [5.74, 6) is 1.08.